The van der Waals surface area contributed by atoms with Gasteiger partial charge in [0.2, 0.25) is 5.88 Å². The number of nitrogen functional groups attached to an aromatic ring is 1. The summed E-state index contributed by atoms with van der Waals surface area (Å²) in [6.45, 7) is 6.10. The van der Waals surface area contributed by atoms with Crippen LogP contribution >= 0.6 is 11.6 Å². The van der Waals surface area contributed by atoms with Crippen LogP contribution in [-0.4, -0.2) is 5.16 Å². The van der Waals surface area contributed by atoms with Crippen LogP contribution in [0.25, 0.3) is 11.3 Å². The third kappa shape index (κ3) is 2.15. The highest BCUT2D eigenvalue weighted by molar-refractivity contribution is 6.33. The Bertz CT molecular complexity index is 546. The molecule has 2 N–H and O–H groups in total. The third-order valence-electron chi connectivity index (χ3n) is 2.71. The Labute approximate surface area is 106 Å². The fraction of sp³-hybridized carbons (Fsp3) is 0.308. The Kier molecular flexibility index (Phi) is 3.11. The minimum atomic E-state index is 0.244. The highest BCUT2D eigenvalue weighted by Gasteiger charge is 2.19. The third-order valence-corrected chi connectivity index (χ3v) is 3.03. The molecule has 3 nitrogen and oxygen atoms in total. The van der Waals surface area contributed by atoms with Gasteiger partial charge in [-0.15, -0.1) is 0 Å². The van der Waals surface area contributed by atoms with Crippen LogP contribution in [-0.2, 0) is 0 Å². The second-order valence-electron chi connectivity index (χ2n) is 4.45. The summed E-state index contributed by atoms with van der Waals surface area (Å²) in [6.07, 6.45) is 0. The van der Waals surface area contributed by atoms with Crippen molar-refractivity contribution < 1.29 is 4.52 Å². The lowest BCUT2D eigenvalue weighted by molar-refractivity contribution is 0.438. The van der Waals surface area contributed by atoms with E-state index in [-0.39, 0.29) is 5.92 Å². The molecule has 0 aliphatic rings. The van der Waals surface area contributed by atoms with E-state index in [0.29, 0.717) is 10.9 Å². The molecule has 2 aromatic rings. The number of aromatic nitrogens is 1. The highest BCUT2D eigenvalue weighted by Crippen LogP contribution is 2.36. The van der Waals surface area contributed by atoms with E-state index in [4.69, 9.17) is 21.9 Å². The van der Waals surface area contributed by atoms with Gasteiger partial charge in [-0.05, 0) is 24.5 Å². The number of hydrogen-bond acceptors (Lipinski definition) is 3. The number of nitrogens with two attached hydrogens (primary N) is 1. The van der Waals surface area contributed by atoms with E-state index < -0.39 is 0 Å². The summed E-state index contributed by atoms with van der Waals surface area (Å²) < 4.78 is 5.07. The molecule has 17 heavy (non-hydrogen) atoms. The number of halogens is 1. The molecule has 0 aliphatic carbocycles. The number of anilines is 1. The molecule has 1 aromatic carbocycles. The number of nitrogens with zero attached hydrogens (tertiary/aromatic N) is 1. The van der Waals surface area contributed by atoms with Crippen LogP contribution in [0.3, 0.4) is 0 Å². The van der Waals surface area contributed by atoms with Gasteiger partial charge in [0, 0.05) is 11.1 Å². The zero-order chi connectivity index (χ0) is 12.6. The summed E-state index contributed by atoms with van der Waals surface area (Å²) >= 11 is 6.23. The highest BCUT2D eigenvalue weighted by atomic mass is 35.5. The SMILES string of the molecule is Cc1ccc(-c2noc(N)c2C(C)C)c(Cl)c1. The van der Waals surface area contributed by atoms with Gasteiger partial charge in [-0.25, -0.2) is 0 Å². The average Bonchev–Trinajstić information content (AvgIpc) is 2.60. The zero-order valence-electron chi connectivity index (χ0n) is 10.1. The van der Waals surface area contributed by atoms with Gasteiger partial charge >= 0.3 is 0 Å². The summed E-state index contributed by atoms with van der Waals surface area (Å²) in [5.74, 6) is 0.611. The lowest BCUT2D eigenvalue weighted by atomic mass is 9.98. The van der Waals surface area contributed by atoms with Gasteiger partial charge in [-0.3, -0.25) is 0 Å². The van der Waals surface area contributed by atoms with E-state index in [9.17, 15) is 0 Å². The molecule has 90 valence electrons. The standard InChI is InChI=1S/C13H15ClN2O/c1-7(2)11-12(16-17-13(11)15)9-5-4-8(3)6-10(9)14/h4-7H,15H2,1-3H3. The first kappa shape index (κ1) is 12.0. The first-order valence-corrected chi connectivity index (χ1v) is 5.90. The molecule has 4 heteroatoms. The fourth-order valence-electron chi connectivity index (χ4n) is 1.87. The van der Waals surface area contributed by atoms with Crippen LogP contribution in [0.15, 0.2) is 22.7 Å². The van der Waals surface area contributed by atoms with Crippen LogP contribution in [0.5, 0.6) is 0 Å². The van der Waals surface area contributed by atoms with E-state index in [1.165, 1.54) is 0 Å². The molecule has 1 aromatic heterocycles. The molecule has 0 aliphatic heterocycles. The van der Waals surface area contributed by atoms with E-state index in [0.717, 1.165) is 22.4 Å². The monoisotopic (exact) mass is 250 g/mol. The first-order valence-electron chi connectivity index (χ1n) is 5.52. The maximum atomic E-state index is 6.23. The lowest BCUT2D eigenvalue weighted by Crippen LogP contribution is -1.95. The normalized spacial score (nSPS) is 11.1. The Balaban J connectivity index is 2.61. The van der Waals surface area contributed by atoms with Crippen molar-refractivity contribution in [3.05, 3.63) is 34.3 Å². The van der Waals surface area contributed by atoms with Crippen LogP contribution in [0.4, 0.5) is 5.88 Å². The van der Waals surface area contributed by atoms with Gasteiger partial charge in [-0.1, -0.05) is 42.7 Å². The molecular formula is C13H15ClN2O. The van der Waals surface area contributed by atoms with Crippen LogP contribution in [0.2, 0.25) is 5.02 Å². The molecule has 0 atom stereocenters. The molecule has 0 saturated heterocycles. The van der Waals surface area contributed by atoms with Crippen molar-refractivity contribution in [2.24, 2.45) is 0 Å². The fourth-order valence-corrected chi connectivity index (χ4v) is 2.20. The van der Waals surface area contributed by atoms with E-state index >= 15 is 0 Å². The average molecular weight is 251 g/mol. The van der Waals surface area contributed by atoms with Crippen molar-refractivity contribution in [3.63, 3.8) is 0 Å². The Hall–Kier alpha value is -1.48. The Morgan fingerprint density at radius 1 is 1.35 bits per heavy atom. The largest absolute Gasteiger partial charge is 0.367 e. The van der Waals surface area contributed by atoms with Gasteiger partial charge in [0.25, 0.3) is 0 Å². The zero-order valence-corrected chi connectivity index (χ0v) is 10.9. The summed E-state index contributed by atoms with van der Waals surface area (Å²) in [5, 5.41) is 4.68. The minimum Gasteiger partial charge on any atom is -0.367 e. The van der Waals surface area contributed by atoms with Gasteiger partial charge in [0.05, 0.1) is 5.02 Å². The lowest BCUT2D eigenvalue weighted by Gasteiger charge is -2.07. The molecule has 2 rings (SSSR count). The predicted octanol–water partition coefficient (Wildman–Crippen LogP) is 4.01. The molecule has 1 heterocycles. The van der Waals surface area contributed by atoms with Gasteiger partial charge in [-0.2, -0.15) is 0 Å². The second kappa shape index (κ2) is 4.41. The summed E-state index contributed by atoms with van der Waals surface area (Å²) in [4.78, 5) is 0. The minimum absolute atomic E-state index is 0.244. The quantitative estimate of drug-likeness (QED) is 0.876. The van der Waals surface area contributed by atoms with Crippen molar-refractivity contribution >= 4 is 17.5 Å². The molecule has 0 spiro atoms. The first-order chi connectivity index (χ1) is 8.00. The van der Waals surface area contributed by atoms with Crippen molar-refractivity contribution in [1.29, 1.82) is 0 Å². The molecule has 0 fully saturated rings. The van der Waals surface area contributed by atoms with Crippen molar-refractivity contribution in [3.8, 4) is 11.3 Å². The number of benzene rings is 1. The molecule has 0 bridgehead atoms. The van der Waals surface area contributed by atoms with E-state index in [1.54, 1.807) is 0 Å². The number of aryl methyl sites for hydroxylation is 1. The molecule has 0 saturated carbocycles. The topological polar surface area (TPSA) is 52.0 Å². The summed E-state index contributed by atoms with van der Waals surface area (Å²) in [5.41, 5.74) is 9.41. The maximum Gasteiger partial charge on any atom is 0.226 e. The maximum absolute atomic E-state index is 6.23. The Morgan fingerprint density at radius 2 is 2.06 bits per heavy atom. The second-order valence-corrected chi connectivity index (χ2v) is 4.85. The summed E-state index contributed by atoms with van der Waals surface area (Å²) in [7, 11) is 0. The van der Waals surface area contributed by atoms with Gasteiger partial charge in [0.15, 0.2) is 0 Å². The predicted molar refractivity (Wildman–Crippen MR) is 70.2 cm³/mol. The number of hydrogen-bond donors (Lipinski definition) is 1. The number of rotatable bonds is 2. The molecule has 0 radical (unpaired) electrons. The van der Waals surface area contributed by atoms with E-state index in [2.05, 4.69) is 19.0 Å². The van der Waals surface area contributed by atoms with Crippen LogP contribution in [0.1, 0.15) is 30.9 Å². The van der Waals surface area contributed by atoms with Gasteiger partial charge < -0.3 is 10.3 Å². The van der Waals surface area contributed by atoms with Crippen molar-refractivity contribution in [2.75, 3.05) is 5.73 Å². The molecule has 0 amide bonds. The Morgan fingerprint density at radius 3 is 2.65 bits per heavy atom. The van der Waals surface area contributed by atoms with Crippen molar-refractivity contribution in [2.45, 2.75) is 26.7 Å². The van der Waals surface area contributed by atoms with Crippen molar-refractivity contribution in [1.82, 2.24) is 5.16 Å². The van der Waals surface area contributed by atoms with Gasteiger partial charge in [0.1, 0.15) is 5.69 Å². The molecule has 0 unspecified atom stereocenters. The van der Waals surface area contributed by atoms with E-state index in [1.807, 2.05) is 25.1 Å². The molecular weight excluding hydrogens is 236 g/mol. The van der Waals surface area contributed by atoms with Crippen LogP contribution in [0, 0.1) is 6.92 Å². The smallest absolute Gasteiger partial charge is 0.226 e. The van der Waals surface area contributed by atoms with Crippen LogP contribution < -0.4 is 5.73 Å². The summed E-state index contributed by atoms with van der Waals surface area (Å²) in [6, 6.07) is 5.85.